The maximum absolute atomic E-state index is 11.5. The largest absolute Gasteiger partial charge is 0.427 e. The Morgan fingerprint density at radius 3 is 1.94 bits per heavy atom. The Kier molecular flexibility index (Phi) is 13.7. The van der Waals surface area contributed by atoms with Gasteiger partial charge >= 0.3 is 0 Å². The van der Waals surface area contributed by atoms with Crippen LogP contribution in [0.25, 0.3) is 0 Å². The van der Waals surface area contributed by atoms with E-state index in [0.717, 1.165) is 0 Å². The van der Waals surface area contributed by atoms with Gasteiger partial charge in [0.1, 0.15) is 73.2 Å². The summed E-state index contributed by atoms with van der Waals surface area (Å²) < 4.78 is 40.3. The van der Waals surface area contributed by atoms with Gasteiger partial charge in [0, 0.05) is 18.8 Å². The van der Waals surface area contributed by atoms with E-state index in [1.165, 1.54) is 6.92 Å². The highest BCUT2D eigenvalue weighted by Gasteiger charge is 2.57. The summed E-state index contributed by atoms with van der Waals surface area (Å²) in [6.07, 6.45) is -28.5. The molecule has 0 aromatic rings. The first kappa shape index (κ1) is 41.8. The highest BCUT2D eigenvalue weighted by Crippen LogP contribution is 2.43. The van der Waals surface area contributed by atoms with Crippen molar-refractivity contribution in [2.24, 2.45) is 11.8 Å². The van der Waals surface area contributed by atoms with Crippen LogP contribution in [0.15, 0.2) is 0 Å². The molecule has 4 saturated heterocycles. The van der Waals surface area contributed by atoms with Crippen LogP contribution in [0.4, 0.5) is 0 Å². The Morgan fingerprint density at radius 1 is 0.585 bits per heavy atom. The summed E-state index contributed by atoms with van der Waals surface area (Å²) in [4.78, 5) is 0. The topological polar surface area (TPSA) is 331 Å². The molecule has 2 aliphatic carbocycles. The molecule has 0 aromatic carbocycles. The van der Waals surface area contributed by atoms with Gasteiger partial charge in [-0.25, -0.2) is 0 Å². The van der Waals surface area contributed by atoms with Crippen molar-refractivity contribution in [2.45, 2.75) is 180 Å². The zero-order valence-corrected chi connectivity index (χ0v) is 29.2. The Balaban J connectivity index is 1.27. The highest BCUT2D eigenvalue weighted by molar-refractivity contribution is 4.99. The lowest BCUT2D eigenvalue weighted by molar-refractivity contribution is -0.390. The zero-order valence-electron chi connectivity index (χ0n) is 29.2. The predicted octanol–water partition coefficient (Wildman–Crippen LogP) is -6.83. The van der Waals surface area contributed by atoms with Gasteiger partial charge in [0.25, 0.3) is 0 Å². The monoisotopic (exact) mass is 773 g/mol. The van der Waals surface area contributed by atoms with E-state index >= 15 is 0 Å². The summed E-state index contributed by atoms with van der Waals surface area (Å²) in [6, 6.07) is 0. The van der Waals surface area contributed by atoms with Crippen molar-refractivity contribution in [3.63, 3.8) is 0 Å². The van der Waals surface area contributed by atoms with Crippen LogP contribution >= 0.6 is 0 Å². The average molecular weight is 774 g/mol. The molecule has 0 amide bonds. The van der Waals surface area contributed by atoms with Crippen molar-refractivity contribution in [2.75, 3.05) is 13.2 Å². The third-order valence-corrected chi connectivity index (χ3v) is 11.9. The lowest BCUT2D eigenvalue weighted by Gasteiger charge is -2.50. The Morgan fingerprint density at radius 2 is 1.25 bits per heavy atom. The smallest absolute Gasteiger partial charge is 0.187 e. The molecule has 6 aliphatic rings. The van der Waals surface area contributed by atoms with Crippen LogP contribution in [-0.4, -0.2) is 219 Å². The van der Waals surface area contributed by atoms with Gasteiger partial charge in [0.15, 0.2) is 31.1 Å². The number of aliphatic hydroxyl groups is 15. The van der Waals surface area contributed by atoms with E-state index in [1.54, 1.807) is 0 Å². The summed E-state index contributed by atoms with van der Waals surface area (Å²) >= 11 is 0. The maximum atomic E-state index is 11.5. The van der Waals surface area contributed by atoms with Gasteiger partial charge in [0.05, 0.1) is 49.7 Å². The van der Waals surface area contributed by atoms with Crippen molar-refractivity contribution in [3.8, 4) is 0 Å². The van der Waals surface area contributed by atoms with Gasteiger partial charge in [-0.15, -0.1) is 0 Å². The summed E-state index contributed by atoms with van der Waals surface area (Å²) in [5.41, 5.74) is 0. The van der Waals surface area contributed by atoms with Gasteiger partial charge in [-0.2, -0.15) is 0 Å². The number of hydrogen-bond donors (Lipinski definition) is 13. The summed E-state index contributed by atoms with van der Waals surface area (Å²) in [6.45, 7) is 0.111. The lowest BCUT2D eigenvalue weighted by atomic mass is 9.72. The third-order valence-electron chi connectivity index (χ3n) is 11.9. The number of aliphatic hydroxyl groups excluding tert-OH is 13. The second-order valence-electron chi connectivity index (χ2n) is 15.5. The molecule has 4 heterocycles. The molecule has 0 bridgehead atoms. The third kappa shape index (κ3) is 8.72. The molecular weight excluding hydrogens is 716 g/mol. The molecule has 2 saturated carbocycles. The molecule has 9 unspecified atom stereocenters. The van der Waals surface area contributed by atoms with Crippen molar-refractivity contribution >= 4 is 0 Å². The first-order chi connectivity index (χ1) is 25.1. The molecule has 24 atom stereocenters. The van der Waals surface area contributed by atoms with Gasteiger partial charge in [-0.05, 0) is 32.6 Å². The number of rotatable bonds is 9. The summed E-state index contributed by atoms with van der Waals surface area (Å²) in [5, 5.41) is 137. The van der Waals surface area contributed by atoms with Crippen LogP contribution < -0.4 is 0 Å². The predicted molar refractivity (Wildman–Crippen MR) is 171 cm³/mol. The van der Waals surface area contributed by atoms with Crippen LogP contribution in [0.1, 0.15) is 45.4 Å². The standard InChI is InChI=1S/C33H56O20/c1-10-21(39)24(42)27(45)31(48-10)47-9-20-23(41)26(44)30(53-32-28(46)25(43)22(40)19(8-34)51-32)33(52-20)50-18-7-13-15(37)5-12(35)6-17(13)49-29(18)11-2-3-14(36)16(38)4-11/h10-46H,2-9H2,1H3/p+1/t10-,11?,12?,13?,14?,15?,16?,17?,18?,19+,20+,21-,22+,23+,24+,25-,26-,27+,28+,29?,30+,31+,32-,33+/m0/s1. The van der Waals surface area contributed by atoms with Gasteiger partial charge in [-0.3, -0.25) is 0 Å². The first-order valence-corrected chi connectivity index (χ1v) is 18.5. The van der Waals surface area contributed by atoms with Crippen LogP contribution in [-0.2, 0) is 28.4 Å². The molecule has 6 rings (SSSR count). The van der Waals surface area contributed by atoms with Crippen molar-refractivity contribution in [1.29, 1.82) is 0 Å². The van der Waals surface area contributed by atoms with Crippen LogP contribution in [0.3, 0.4) is 0 Å². The minimum atomic E-state index is -1.90. The fraction of sp³-hybridized carbons (Fsp3) is 1.00. The molecular formula is C33H57O20+. The molecule has 6 fully saturated rings. The lowest BCUT2D eigenvalue weighted by Crippen LogP contribution is -2.66. The Bertz CT molecular complexity index is 1170. The second-order valence-corrected chi connectivity index (χ2v) is 15.5. The van der Waals surface area contributed by atoms with E-state index in [-0.39, 0.29) is 38.0 Å². The summed E-state index contributed by atoms with van der Waals surface area (Å²) in [7, 11) is 0. The van der Waals surface area contributed by atoms with E-state index < -0.39 is 154 Å². The van der Waals surface area contributed by atoms with E-state index in [0.29, 0.717) is 6.42 Å². The van der Waals surface area contributed by atoms with Gasteiger partial charge in [0.2, 0.25) is 0 Å². The van der Waals surface area contributed by atoms with E-state index in [9.17, 15) is 66.4 Å². The molecule has 20 heteroatoms. The first-order valence-electron chi connectivity index (χ1n) is 18.5. The molecule has 0 aromatic heterocycles. The Hall–Kier alpha value is -0.800. The van der Waals surface area contributed by atoms with Gasteiger partial charge in [-0.1, -0.05) is 0 Å². The molecule has 53 heavy (non-hydrogen) atoms. The normalized spacial score (nSPS) is 55.4. The molecule has 308 valence electrons. The number of hydrogen-bond acceptors (Lipinski definition) is 19. The van der Waals surface area contributed by atoms with Crippen molar-refractivity contribution < 1.29 is 99.5 Å². The fourth-order valence-electron chi connectivity index (χ4n) is 8.65. The second kappa shape index (κ2) is 17.4. The Labute approximate surface area is 305 Å². The maximum Gasteiger partial charge on any atom is 0.187 e. The van der Waals surface area contributed by atoms with Crippen LogP contribution in [0.2, 0.25) is 0 Å². The average Bonchev–Trinajstić information content (AvgIpc) is 3.12. The van der Waals surface area contributed by atoms with Gasteiger partial charge < -0.3 is 99.5 Å². The highest BCUT2D eigenvalue weighted by atomic mass is 16.8. The zero-order chi connectivity index (χ0) is 38.5. The van der Waals surface area contributed by atoms with Crippen LogP contribution in [0.5, 0.6) is 0 Å². The number of ether oxygens (including phenoxy) is 7. The van der Waals surface area contributed by atoms with Crippen molar-refractivity contribution in [1.82, 2.24) is 0 Å². The van der Waals surface area contributed by atoms with E-state index in [1.807, 2.05) is 0 Å². The molecule has 0 radical (unpaired) electrons. The van der Waals surface area contributed by atoms with E-state index in [4.69, 9.17) is 33.2 Å². The summed E-state index contributed by atoms with van der Waals surface area (Å²) in [5.74, 6) is -0.789. The fourth-order valence-corrected chi connectivity index (χ4v) is 8.65. The van der Waals surface area contributed by atoms with Crippen molar-refractivity contribution in [3.05, 3.63) is 0 Å². The van der Waals surface area contributed by atoms with Crippen LogP contribution in [0, 0.1) is 11.8 Å². The SMILES string of the molecule is C[C@@H]1O[C@@H](OC[C@H]2O[C@@H](OC3CC4C(O)CC(O)CC4[OH+]C3C3CCC(O)C(O)C3)[C@H](O[C@@H]3O[C@H](CO)[C@@H](O)[C@H](O)[C@H]3O)[C@@H](O)[C@@H]2O)[C@H](O)[C@H](O)[C@H]1O. The quantitative estimate of drug-likeness (QED) is 0.0968. The molecule has 20 nitrogen and oxygen atoms in total. The van der Waals surface area contributed by atoms with E-state index in [2.05, 4.69) is 0 Å². The molecule has 4 aliphatic heterocycles. The molecule has 0 spiro atoms. The minimum absolute atomic E-state index is 0.106. The number of fused-ring (bicyclic) bond motifs is 1. The molecule has 14 N–H and O–H groups in total. The minimum Gasteiger partial charge on any atom is -0.427 e.